The number of aromatic nitrogens is 2. The van der Waals surface area contributed by atoms with Gasteiger partial charge in [-0.05, 0) is 55.7 Å². The Balaban J connectivity index is 1.49. The second-order valence-corrected chi connectivity index (χ2v) is 6.93. The molecule has 0 amide bonds. The van der Waals surface area contributed by atoms with Gasteiger partial charge in [-0.15, -0.1) is 0 Å². The SMILES string of the molecule is Cc1cc(Cl)ccc1OCCCC(=O)OCc1cc(=O)n2cccc(C)c2n1. The average molecular weight is 401 g/mol. The molecule has 146 valence electrons. The zero-order valence-electron chi connectivity index (χ0n) is 15.8. The first kappa shape index (κ1) is 19.9. The molecular formula is C21H21ClN2O4. The minimum absolute atomic E-state index is 0.0317. The number of aryl methyl sites for hydroxylation is 2. The van der Waals surface area contributed by atoms with Crippen molar-refractivity contribution in [1.82, 2.24) is 9.38 Å². The Hall–Kier alpha value is -2.86. The number of hydrogen-bond acceptors (Lipinski definition) is 5. The van der Waals surface area contributed by atoms with Gasteiger partial charge < -0.3 is 9.47 Å². The molecule has 0 N–H and O–H groups in total. The van der Waals surface area contributed by atoms with Crippen LogP contribution in [0.1, 0.15) is 29.7 Å². The third-order valence-corrected chi connectivity index (χ3v) is 4.48. The highest BCUT2D eigenvalue weighted by molar-refractivity contribution is 6.30. The highest BCUT2D eigenvalue weighted by Crippen LogP contribution is 2.22. The summed E-state index contributed by atoms with van der Waals surface area (Å²) in [6.45, 7) is 4.15. The minimum Gasteiger partial charge on any atom is -0.493 e. The van der Waals surface area contributed by atoms with Crippen molar-refractivity contribution < 1.29 is 14.3 Å². The lowest BCUT2D eigenvalue weighted by Gasteiger charge is -2.09. The Morgan fingerprint density at radius 3 is 2.79 bits per heavy atom. The Morgan fingerprint density at radius 1 is 1.18 bits per heavy atom. The number of ether oxygens (including phenoxy) is 2. The van der Waals surface area contributed by atoms with E-state index in [2.05, 4.69) is 4.98 Å². The summed E-state index contributed by atoms with van der Waals surface area (Å²) in [5.41, 5.74) is 2.61. The number of rotatable bonds is 7. The Bertz CT molecular complexity index is 1060. The monoisotopic (exact) mass is 400 g/mol. The van der Waals surface area contributed by atoms with Crippen molar-refractivity contribution in [2.75, 3.05) is 6.61 Å². The van der Waals surface area contributed by atoms with Gasteiger partial charge in [-0.3, -0.25) is 14.0 Å². The number of benzene rings is 1. The largest absolute Gasteiger partial charge is 0.493 e. The molecule has 0 unspecified atom stereocenters. The van der Waals surface area contributed by atoms with E-state index < -0.39 is 0 Å². The topological polar surface area (TPSA) is 69.9 Å². The molecule has 0 spiro atoms. The predicted octanol–water partition coefficient (Wildman–Crippen LogP) is 3.87. The van der Waals surface area contributed by atoms with Crippen LogP contribution in [-0.4, -0.2) is 22.0 Å². The smallest absolute Gasteiger partial charge is 0.306 e. The summed E-state index contributed by atoms with van der Waals surface area (Å²) in [6.07, 6.45) is 2.40. The zero-order valence-corrected chi connectivity index (χ0v) is 16.5. The van der Waals surface area contributed by atoms with E-state index >= 15 is 0 Å². The van der Waals surface area contributed by atoms with Crippen LogP contribution >= 0.6 is 11.6 Å². The molecular weight excluding hydrogens is 380 g/mol. The molecule has 3 rings (SSSR count). The molecule has 0 radical (unpaired) electrons. The molecule has 7 heteroatoms. The van der Waals surface area contributed by atoms with Gasteiger partial charge in [-0.2, -0.15) is 0 Å². The molecule has 0 fully saturated rings. The van der Waals surface area contributed by atoms with Crippen LogP contribution in [-0.2, 0) is 16.1 Å². The number of hydrogen-bond donors (Lipinski definition) is 0. The van der Waals surface area contributed by atoms with Gasteiger partial charge in [0.2, 0.25) is 0 Å². The van der Waals surface area contributed by atoms with Crippen molar-refractivity contribution >= 4 is 23.2 Å². The molecule has 2 aromatic heterocycles. The van der Waals surface area contributed by atoms with Crippen LogP contribution < -0.4 is 10.3 Å². The van der Waals surface area contributed by atoms with Crippen LogP contribution in [0.3, 0.4) is 0 Å². The lowest BCUT2D eigenvalue weighted by molar-refractivity contribution is -0.145. The van der Waals surface area contributed by atoms with Crippen molar-refractivity contribution in [3.63, 3.8) is 0 Å². The highest BCUT2D eigenvalue weighted by Gasteiger charge is 2.08. The van der Waals surface area contributed by atoms with E-state index in [1.165, 1.54) is 10.5 Å². The van der Waals surface area contributed by atoms with E-state index in [0.717, 1.165) is 16.9 Å². The summed E-state index contributed by atoms with van der Waals surface area (Å²) in [6, 6.07) is 10.4. The van der Waals surface area contributed by atoms with Crippen LogP contribution in [0.15, 0.2) is 47.4 Å². The van der Waals surface area contributed by atoms with Crippen LogP contribution in [0, 0.1) is 13.8 Å². The van der Waals surface area contributed by atoms with Crippen LogP contribution in [0.25, 0.3) is 5.65 Å². The number of nitrogens with zero attached hydrogens (tertiary/aromatic N) is 2. The van der Waals surface area contributed by atoms with Crippen LogP contribution in [0.2, 0.25) is 5.02 Å². The number of carbonyl (C=O) groups is 1. The first-order valence-electron chi connectivity index (χ1n) is 8.96. The Morgan fingerprint density at radius 2 is 2.00 bits per heavy atom. The molecule has 0 saturated heterocycles. The van der Waals surface area contributed by atoms with Gasteiger partial charge in [0.15, 0.2) is 0 Å². The maximum Gasteiger partial charge on any atom is 0.306 e. The minimum atomic E-state index is -0.358. The fraction of sp³-hybridized carbons (Fsp3) is 0.286. The van der Waals surface area contributed by atoms with E-state index in [4.69, 9.17) is 21.1 Å². The van der Waals surface area contributed by atoms with Crippen molar-refractivity contribution in [2.24, 2.45) is 0 Å². The summed E-state index contributed by atoms with van der Waals surface area (Å²) in [7, 11) is 0. The van der Waals surface area contributed by atoms with Crippen molar-refractivity contribution in [3.8, 4) is 5.75 Å². The number of fused-ring (bicyclic) bond motifs is 1. The molecule has 1 aromatic carbocycles. The molecule has 0 bridgehead atoms. The first-order valence-corrected chi connectivity index (χ1v) is 9.34. The molecule has 0 saturated carbocycles. The molecule has 0 atom stereocenters. The first-order chi connectivity index (χ1) is 13.4. The fourth-order valence-electron chi connectivity index (χ4n) is 2.78. The van der Waals surface area contributed by atoms with Crippen molar-refractivity contribution in [2.45, 2.75) is 33.3 Å². The van der Waals surface area contributed by atoms with Crippen molar-refractivity contribution in [3.05, 3.63) is 74.8 Å². The standard InChI is InChI=1S/C21H21ClN2O4/c1-14-5-3-9-24-19(25)12-17(23-21(14)24)13-28-20(26)6-4-10-27-18-8-7-16(22)11-15(18)2/h3,5,7-9,11-12H,4,6,10,13H2,1-2H3. The molecule has 0 aliphatic heterocycles. The third-order valence-electron chi connectivity index (χ3n) is 4.24. The lowest BCUT2D eigenvalue weighted by Crippen LogP contribution is -2.17. The second kappa shape index (κ2) is 8.89. The van der Waals surface area contributed by atoms with Gasteiger partial charge >= 0.3 is 5.97 Å². The number of halogens is 1. The summed E-state index contributed by atoms with van der Waals surface area (Å²) in [5.74, 6) is 0.386. The maximum absolute atomic E-state index is 12.1. The predicted molar refractivity (Wildman–Crippen MR) is 107 cm³/mol. The van der Waals surface area contributed by atoms with E-state index in [1.54, 1.807) is 18.3 Å². The molecule has 2 heterocycles. The summed E-state index contributed by atoms with van der Waals surface area (Å²) < 4.78 is 12.4. The van der Waals surface area contributed by atoms with Gasteiger partial charge in [0.25, 0.3) is 5.56 Å². The summed E-state index contributed by atoms with van der Waals surface area (Å²) in [5, 5.41) is 0.658. The van der Waals surface area contributed by atoms with E-state index in [9.17, 15) is 9.59 Å². The summed E-state index contributed by atoms with van der Waals surface area (Å²) >= 11 is 5.91. The van der Waals surface area contributed by atoms with Gasteiger partial charge in [-0.1, -0.05) is 17.7 Å². The second-order valence-electron chi connectivity index (χ2n) is 6.49. The quantitative estimate of drug-likeness (QED) is 0.445. The number of carbonyl (C=O) groups excluding carboxylic acids is 1. The third kappa shape index (κ3) is 4.89. The van der Waals surface area contributed by atoms with E-state index in [-0.39, 0.29) is 24.6 Å². The molecule has 3 aromatic rings. The van der Waals surface area contributed by atoms with Gasteiger partial charge in [-0.25, -0.2) is 4.98 Å². The van der Waals surface area contributed by atoms with Crippen LogP contribution in [0.5, 0.6) is 5.75 Å². The van der Waals surface area contributed by atoms with E-state index in [1.807, 2.05) is 32.0 Å². The number of esters is 1. The summed E-state index contributed by atoms with van der Waals surface area (Å²) in [4.78, 5) is 28.5. The normalized spacial score (nSPS) is 10.8. The molecule has 0 aliphatic rings. The molecule has 28 heavy (non-hydrogen) atoms. The zero-order chi connectivity index (χ0) is 20.1. The highest BCUT2D eigenvalue weighted by atomic mass is 35.5. The maximum atomic E-state index is 12.1. The molecule has 0 aliphatic carbocycles. The van der Waals surface area contributed by atoms with Gasteiger partial charge in [0.1, 0.15) is 18.0 Å². The Labute approximate surface area is 167 Å². The van der Waals surface area contributed by atoms with Crippen LogP contribution in [0.4, 0.5) is 0 Å². The number of pyridine rings is 1. The Kier molecular flexibility index (Phi) is 6.31. The lowest BCUT2D eigenvalue weighted by atomic mass is 10.2. The van der Waals surface area contributed by atoms with Gasteiger partial charge in [0, 0.05) is 23.7 Å². The fourth-order valence-corrected chi connectivity index (χ4v) is 3.01. The van der Waals surface area contributed by atoms with Crippen molar-refractivity contribution in [1.29, 1.82) is 0 Å². The molecule has 6 nitrogen and oxygen atoms in total. The van der Waals surface area contributed by atoms with E-state index in [0.29, 0.717) is 29.4 Å². The average Bonchev–Trinajstić information content (AvgIpc) is 2.66. The van der Waals surface area contributed by atoms with Gasteiger partial charge in [0.05, 0.1) is 12.3 Å².